The standard InChI is InChI=1S/C20H16O6/c1-24-17-4-3-10(6-15(17)21)19-12-8-18(25-2)16(22)7-11(12)5-13-14(19)9-26-20(13)23/h3-8,21-22H,9H2,1-2H3. The monoisotopic (exact) mass is 352 g/mol. The highest BCUT2D eigenvalue weighted by atomic mass is 16.5. The molecule has 132 valence electrons. The van der Waals surface area contributed by atoms with Crippen LogP contribution in [0, 0.1) is 0 Å². The van der Waals surface area contributed by atoms with Crippen LogP contribution in [0.3, 0.4) is 0 Å². The minimum absolute atomic E-state index is 0.00765. The second-order valence-corrected chi connectivity index (χ2v) is 5.99. The lowest BCUT2D eigenvalue weighted by atomic mass is 9.90. The summed E-state index contributed by atoms with van der Waals surface area (Å²) in [6, 6.07) is 10.0. The third-order valence-corrected chi connectivity index (χ3v) is 4.58. The summed E-state index contributed by atoms with van der Waals surface area (Å²) in [5.41, 5.74) is 2.64. The van der Waals surface area contributed by atoms with Gasteiger partial charge in [0.05, 0.1) is 19.8 Å². The molecule has 3 aromatic rings. The van der Waals surface area contributed by atoms with E-state index in [0.717, 1.165) is 16.5 Å². The van der Waals surface area contributed by atoms with Crippen molar-refractivity contribution < 1.29 is 29.2 Å². The number of esters is 1. The van der Waals surface area contributed by atoms with Crippen molar-refractivity contribution in [2.75, 3.05) is 14.2 Å². The molecule has 0 radical (unpaired) electrons. The number of benzene rings is 3. The second-order valence-electron chi connectivity index (χ2n) is 5.99. The number of phenols is 2. The maximum absolute atomic E-state index is 12.1. The Labute approximate surface area is 149 Å². The predicted octanol–water partition coefficient (Wildman–Crippen LogP) is 3.61. The Kier molecular flexibility index (Phi) is 3.61. The van der Waals surface area contributed by atoms with E-state index in [9.17, 15) is 15.0 Å². The zero-order valence-corrected chi connectivity index (χ0v) is 14.2. The summed E-state index contributed by atoms with van der Waals surface area (Å²) in [4.78, 5) is 12.1. The van der Waals surface area contributed by atoms with E-state index in [1.54, 1.807) is 36.4 Å². The highest BCUT2D eigenvalue weighted by Gasteiger charge is 2.27. The van der Waals surface area contributed by atoms with E-state index in [1.165, 1.54) is 14.2 Å². The van der Waals surface area contributed by atoms with Gasteiger partial charge in [-0.15, -0.1) is 0 Å². The Morgan fingerprint density at radius 2 is 1.69 bits per heavy atom. The van der Waals surface area contributed by atoms with Gasteiger partial charge >= 0.3 is 5.97 Å². The fourth-order valence-corrected chi connectivity index (χ4v) is 3.35. The highest BCUT2D eigenvalue weighted by Crippen LogP contribution is 2.43. The van der Waals surface area contributed by atoms with Gasteiger partial charge < -0.3 is 24.4 Å². The van der Waals surface area contributed by atoms with Gasteiger partial charge in [-0.3, -0.25) is 0 Å². The normalized spacial score (nSPS) is 12.8. The lowest BCUT2D eigenvalue weighted by Crippen LogP contribution is -1.96. The molecule has 4 rings (SSSR count). The average Bonchev–Trinajstić information content (AvgIpc) is 2.99. The van der Waals surface area contributed by atoms with Crippen LogP contribution >= 0.6 is 0 Å². The molecule has 0 aliphatic carbocycles. The Balaban J connectivity index is 2.09. The maximum Gasteiger partial charge on any atom is 0.338 e. The van der Waals surface area contributed by atoms with Crippen molar-refractivity contribution in [3.05, 3.63) is 47.5 Å². The van der Waals surface area contributed by atoms with Crippen molar-refractivity contribution in [3.8, 4) is 34.1 Å². The smallest absolute Gasteiger partial charge is 0.338 e. The average molecular weight is 352 g/mol. The fourth-order valence-electron chi connectivity index (χ4n) is 3.35. The molecular weight excluding hydrogens is 336 g/mol. The molecule has 1 heterocycles. The molecule has 1 aliphatic rings. The van der Waals surface area contributed by atoms with Gasteiger partial charge in [0.15, 0.2) is 23.0 Å². The zero-order chi connectivity index (χ0) is 18.4. The summed E-state index contributed by atoms with van der Waals surface area (Å²) >= 11 is 0. The van der Waals surface area contributed by atoms with Crippen LogP contribution in [0.25, 0.3) is 21.9 Å². The van der Waals surface area contributed by atoms with Crippen molar-refractivity contribution >= 4 is 16.7 Å². The number of cyclic esters (lactones) is 1. The van der Waals surface area contributed by atoms with E-state index >= 15 is 0 Å². The first kappa shape index (κ1) is 16.1. The number of methoxy groups -OCH3 is 2. The molecule has 2 N–H and O–H groups in total. The molecule has 26 heavy (non-hydrogen) atoms. The Morgan fingerprint density at radius 3 is 2.38 bits per heavy atom. The molecule has 0 unspecified atom stereocenters. The molecule has 0 saturated heterocycles. The van der Waals surface area contributed by atoms with Gasteiger partial charge in [0.25, 0.3) is 0 Å². The third kappa shape index (κ3) is 2.30. The fraction of sp³-hybridized carbons (Fsp3) is 0.150. The summed E-state index contributed by atoms with van der Waals surface area (Å²) in [5.74, 6) is 0.243. The summed E-state index contributed by atoms with van der Waals surface area (Å²) in [5, 5.41) is 21.7. The summed E-state index contributed by atoms with van der Waals surface area (Å²) in [6.45, 7) is 0.148. The highest BCUT2D eigenvalue weighted by molar-refractivity contribution is 6.08. The minimum atomic E-state index is -0.406. The van der Waals surface area contributed by atoms with Gasteiger partial charge in [-0.25, -0.2) is 4.79 Å². The van der Waals surface area contributed by atoms with Crippen LogP contribution in [0.4, 0.5) is 0 Å². The number of carbonyl (C=O) groups is 1. The molecule has 6 heteroatoms. The van der Waals surface area contributed by atoms with Crippen LogP contribution < -0.4 is 9.47 Å². The van der Waals surface area contributed by atoms with E-state index in [4.69, 9.17) is 14.2 Å². The maximum atomic E-state index is 12.1. The molecule has 0 atom stereocenters. The molecule has 0 saturated carbocycles. The topological polar surface area (TPSA) is 85.2 Å². The first-order valence-electron chi connectivity index (χ1n) is 7.94. The van der Waals surface area contributed by atoms with Crippen molar-refractivity contribution in [2.24, 2.45) is 0 Å². The number of phenolic OH excluding ortho intramolecular Hbond substituents is 2. The Morgan fingerprint density at radius 1 is 0.962 bits per heavy atom. The first-order valence-corrected chi connectivity index (χ1v) is 7.94. The quantitative estimate of drug-likeness (QED) is 0.701. The molecule has 0 spiro atoms. The molecule has 1 aliphatic heterocycles. The van der Waals surface area contributed by atoms with Crippen LogP contribution in [0.1, 0.15) is 15.9 Å². The van der Waals surface area contributed by atoms with Gasteiger partial charge in [-0.2, -0.15) is 0 Å². The van der Waals surface area contributed by atoms with Gasteiger partial charge in [-0.1, -0.05) is 6.07 Å². The van der Waals surface area contributed by atoms with Crippen LogP contribution in [0.2, 0.25) is 0 Å². The lowest BCUT2D eigenvalue weighted by molar-refractivity contribution is 0.0535. The van der Waals surface area contributed by atoms with Crippen LogP contribution in [0.5, 0.6) is 23.0 Å². The zero-order valence-electron chi connectivity index (χ0n) is 14.2. The number of hydrogen-bond acceptors (Lipinski definition) is 6. The Bertz CT molecular complexity index is 1050. The molecule has 0 aromatic heterocycles. The van der Waals surface area contributed by atoms with Crippen LogP contribution in [-0.2, 0) is 11.3 Å². The van der Waals surface area contributed by atoms with Crippen molar-refractivity contribution in [1.82, 2.24) is 0 Å². The number of fused-ring (bicyclic) bond motifs is 2. The SMILES string of the molecule is COc1ccc(-c2c3c(cc4cc(O)c(OC)cc24)C(=O)OC3)cc1O. The second kappa shape index (κ2) is 5.84. The van der Waals surface area contributed by atoms with Gasteiger partial charge in [0.1, 0.15) is 6.61 Å². The van der Waals surface area contributed by atoms with E-state index in [1.807, 2.05) is 0 Å². The summed E-state index contributed by atoms with van der Waals surface area (Å²) in [7, 11) is 2.95. The predicted molar refractivity (Wildman–Crippen MR) is 94.9 cm³/mol. The minimum Gasteiger partial charge on any atom is -0.504 e. The third-order valence-electron chi connectivity index (χ3n) is 4.58. The van der Waals surface area contributed by atoms with Crippen molar-refractivity contribution in [1.29, 1.82) is 0 Å². The summed E-state index contributed by atoms with van der Waals surface area (Å²) in [6.07, 6.45) is 0. The first-order chi connectivity index (χ1) is 12.5. The van der Waals surface area contributed by atoms with E-state index in [2.05, 4.69) is 0 Å². The van der Waals surface area contributed by atoms with Gasteiger partial charge in [0, 0.05) is 5.56 Å². The number of ether oxygens (including phenoxy) is 3. The van der Waals surface area contributed by atoms with E-state index < -0.39 is 5.97 Å². The lowest BCUT2D eigenvalue weighted by Gasteiger charge is -2.14. The number of aromatic hydroxyl groups is 2. The van der Waals surface area contributed by atoms with Gasteiger partial charge in [0.2, 0.25) is 0 Å². The van der Waals surface area contributed by atoms with E-state index in [-0.39, 0.29) is 18.1 Å². The van der Waals surface area contributed by atoms with Crippen molar-refractivity contribution in [3.63, 3.8) is 0 Å². The number of rotatable bonds is 3. The van der Waals surface area contributed by atoms with Crippen LogP contribution in [0.15, 0.2) is 36.4 Å². The molecule has 0 bridgehead atoms. The molecule has 0 fully saturated rings. The molecule has 6 nitrogen and oxygen atoms in total. The molecule has 0 amide bonds. The van der Waals surface area contributed by atoms with Crippen molar-refractivity contribution in [2.45, 2.75) is 6.61 Å². The van der Waals surface area contributed by atoms with E-state index in [0.29, 0.717) is 28.0 Å². The molecule has 3 aromatic carbocycles. The largest absolute Gasteiger partial charge is 0.504 e. The Hall–Kier alpha value is -3.41. The number of hydrogen-bond donors (Lipinski definition) is 2. The number of carbonyl (C=O) groups excluding carboxylic acids is 1. The summed E-state index contributed by atoms with van der Waals surface area (Å²) < 4.78 is 15.5. The van der Waals surface area contributed by atoms with Crippen LogP contribution in [-0.4, -0.2) is 30.4 Å². The van der Waals surface area contributed by atoms with Gasteiger partial charge in [-0.05, 0) is 52.2 Å². The molecular formula is C20H16O6.